The molecule has 6 atom stereocenters. The third-order valence-electron chi connectivity index (χ3n) is 7.15. The summed E-state index contributed by atoms with van der Waals surface area (Å²) < 4.78 is 30.8. The standard InChI is InChI=1S/C31H33NO6/c1-31(2)37-28-24(34-20-23-16-10-5-11-17-23)25(36-30(28)38-31)26-27(35-26)29(33)32(18-21-12-6-3-7-13-21)19-22-14-8-4-9-15-22/h3-17,24-28,30H,18-20H2,1-2H3/t24-,25-,26-,27+,28+,30+/m0/s1. The first kappa shape index (κ1) is 25.2. The number of hydrogen-bond acceptors (Lipinski definition) is 6. The second-order valence-electron chi connectivity index (χ2n) is 10.5. The number of hydrogen-bond donors (Lipinski definition) is 0. The van der Waals surface area contributed by atoms with Gasteiger partial charge in [-0.05, 0) is 30.5 Å². The van der Waals surface area contributed by atoms with Crippen LogP contribution in [-0.2, 0) is 48.2 Å². The topological polar surface area (TPSA) is 69.8 Å². The second kappa shape index (κ2) is 10.6. The van der Waals surface area contributed by atoms with Gasteiger partial charge in [0, 0.05) is 13.1 Å². The molecule has 0 radical (unpaired) electrons. The Kier molecular flexibility index (Phi) is 7.03. The molecule has 0 spiro atoms. The highest BCUT2D eigenvalue weighted by Gasteiger charge is 2.63. The van der Waals surface area contributed by atoms with Crippen LogP contribution >= 0.6 is 0 Å². The van der Waals surface area contributed by atoms with Crippen molar-refractivity contribution in [3.8, 4) is 0 Å². The van der Waals surface area contributed by atoms with Gasteiger partial charge in [-0.1, -0.05) is 91.0 Å². The SMILES string of the molecule is CC1(C)O[C@H]2O[C@H]([C@@H]3O[C@H]3C(=O)N(Cc3ccccc3)Cc3ccccc3)[C@H](OCc3ccccc3)[C@H]2O1. The summed E-state index contributed by atoms with van der Waals surface area (Å²) in [6, 6.07) is 30.0. The van der Waals surface area contributed by atoms with E-state index in [4.69, 9.17) is 23.7 Å². The number of carbonyl (C=O) groups is 1. The molecule has 0 bridgehead atoms. The molecule has 3 heterocycles. The number of ether oxygens (including phenoxy) is 5. The van der Waals surface area contributed by atoms with Crippen molar-refractivity contribution in [2.75, 3.05) is 0 Å². The molecule has 0 aliphatic carbocycles. The number of rotatable bonds is 9. The number of nitrogens with zero attached hydrogens (tertiary/aromatic N) is 1. The monoisotopic (exact) mass is 515 g/mol. The molecule has 6 rings (SSSR count). The van der Waals surface area contributed by atoms with Gasteiger partial charge >= 0.3 is 0 Å². The average Bonchev–Trinajstić information content (AvgIpc) is 3.57. The van der Waals surface area contributed by atoms with Gasteiger partial charge < -0.3 is 28.6 Å². The van der Waals surface area contributed by atoms with E-state index in [1.54, 1.807) is 0 Å². The maximum Gasteiger partial charge on any atom is 0.255 e. The first-order valence-electron chi connectivity index (χ1n) is 13.2. The Morgan fingerprint density at radius 2 is 1.29 bits per heavy atom. The molecule has 7 heteroatoms. The van der Waals surface area contributed by atoms with Crippen LogP contribution in [0, 0.1) is 0 Å². The lowest BCUT2D eigenvalue weighted by Crippen LogP contribution is -2.41. The molecule has 3 fully saturated rings. The molecule has 3 aliphatic heterocycles. The van der Waals surface area contributed by atoms with E-state index in [0.29, 0.717) is 19.7 Å². The Bertz CT molecular complexity index is 1180. The molecule has 1 amide bonds. The molecule has 0 aromatic heterocycles. The van der Waals surface area contributed by atoms with Crippen molar-refractivity contribution in [3.63, 3.8) is 0 Å². The van der Waals surface area contributed by atoms with Crippen molar-refractivity contribution in [2.24, 2.45) is 0 Å². The predicted octanol–water partition coefficient (Wildman–Crippen LogP) is 4.44. The number of epoxide rings is 1. The molecule has 0 N–H and O–H groups in total. The molecule has 198 valence electrons. The minimum absolute atomic E-state index is 0.0626. The minimum Gasteiger partial charge on any atom is -0.368 e. The zero-order valence-electron chi connectivity index (χ0n) is 21.6. The van der Waals surface area contributed by atoms with Crippen LogP contribution < -0.4 is 0 Å². The van der Waals surface area contributed by atoms with Crippen LogP contribution in [0.25, 0.3) is 0 Å². The fourth-order valence-electron chi connectivity index (χ4n) is 5.30. The molecule has 7 nitrogen and oxygen atoms in total. The largest absolute Gasteiger partial charge is 0.368 e. The van der Waals surface area contributed by atoms with Gasteiger partial charge in [0.05, 0.1) is 6.61 Å². The summed E-state index contributed by atoms with van der Waals surface area (Å²) in [5, 5.41) is 0. The predicted molar refractivity (Wildman–Crippen MR) is 140 cm³/mol. The molecule has 0 saturated carbocycles. The van der Waals surface area contributed by atoms with Crippen LogP contribution in [0.1, 0.15) is 30.5 Å². The molecule has 3 aromatic rings. The maximum absolute atomic E-state index is 13.8. The van der Waals surface area contributed by atoms with Crippen LogP contribution in [0.5, 0.6) is 0 Å². The zero-order chi connectivity index (χ0) is 26.1. The fourth-order valence-corrected chi connectivity index (χ4v) is 5.30. The molecule has 3 aromatic carbocycles. The molecule has 38 heavy (non-hydrogen) atoms. The first-order valence-corrected chi connectivity index (χ1v) is 13.2. The number of amides is 1. The lowest BCUT2D eigenvalue weighted by molar-refractivity contribution is -0.221. The Morgan fingerprint density at radius 3 is 1.87 bits per heavy atom. The van der Waals surface area contributed by atoms with Crippen molar-refractivity contribution in [1.82, 2.24) is 4.90 Å². The van der Waals surface area contributed by atoms with Crippen LogP contribution in [0.4, 0.5) is 0 Å². The summed E-state index contributed by atoms with van der Waals surface area (Å²) in [5.41, 5.74) is 3.18. The zero-order valence-corrected chi connectivity index (χ0v) is 21.6. The molecule has 0 unspecified atom stereocenters. The van der Waals surface area contributed by atoms with Gasteiger partial charge in [-0.3, -0.25) is 4.79 Å². The van der Waals surface area contributed by atoms with Gasteiger partial charge in [-0.15, -0.1) is 0 Å². The van der Waals surface area contributed by atoms with Crippen LogP contribution in [0.2, 0.25) is 0 Å². The highest BCUT2D eigenvalue weighted by Crippen LogP contribution is 2.44. The highest BCUT2D eigenvalue weighted by atomic mass is 16.8. The first-order chi connectivity index (χ1) is 18.5. The van der Waals surface area contributed by atoms with Crippen LogP contribution in [-0.4, -0.2) is 53.4 Å². The van der Waals surface area contributed by atoms with Crippen LogP contribution in [0.15, 0.2) is 91.0 Å². The Morgan fingerprint density at radius 1 is 0.737 bits per heavy atom. The van der Waals surface area contributed by atoms with Crippen molar-refractivity contribution in [2.45, 2.75) is 76.1 Å². The minimum atomic E-state index is -0.767. The Labute approximate surface area is 223 Å². The number of carbonyl (C=O) groups excluding carboxylic acids is 1. The van der Waals surface area contributed by atoms with Gasteiger partial charge in [0.1, 0.15) is 24.4 Å². The van der Waals surface area contributed by atoms with E-state index < -0.39 is 42.6 Å². The smallest absolute Gasteiger partial charge is 0.255 e. The average molecular weight is 516 g/mol. The van der Waals surface area contributed by atoms with Gasteiger partial charge in [0.25, 0.3) is 5.91 Å². The van der Waals surface area contributed by atoms with E-state index in [1.165, 1.54) is 0 Å². The maximum atomic E-state index is 13.8. The molecule has 3 aliphatic rings. The summed E-state index contributed by atoms with van der Waals surface area (Å²) in [5.74, 6) is -0.830. The van der Waals surface area contributed by atoms with Crippen molar-refractivity contribution < 1.29 is 28.5 Å². The molecular weight excluding hydrogens is 482 g/mol. The van der Waals surface area contributed by atoms with E-state index >= 15 is 0 Å². The molecular formula is C31H33NO6. The van der Waals surface area contributed by atoms with Gasteiger partial charge in [-0.25, -0.2) is 0 Å². The summed E-state index contributed by atoms with van der Waals surface area (Å²) in [6.07, 6.45) is -2.92. The summed E-state index contributed by atoms with van der Waals surface area (Å²) >= 11 is 0. The van der Waals surface area contributed by atoms with E-state index in [1.807, 2.05) is 110 Å². The third kappa shape index (κ3) is 5.53. The van der Waals surface area contributed by atoms with Gasteiger partial charge in [0.2, 0.25) is 0 Å². The van der Waals surface area contributed by atoms with Gasteiger partial charge in [-0.2, -0.15) is 0 Å². The van der Waals surface area contributed by atoms with E-state index in [9.17, 15) is 4.79 Å². The summed E-state index contributed by atoms with van der Waals surface area (Å²) in [7, 11) is 0. The van der Waals surface area contributed by atoms with Crippen molar-refractivity contribution in [1.29, 1.82) is 0 Å². The highest BCUT2D eigenvalue weighted by molar-refractivity contribution is 5.84. The molecule has 3 saturated heterocycles. The number of fused-ring (bicyclic) bond motifs is 1. The normalized spacial score (nSPS) is 29.1. The van der Waals surface area contributed by atoms with Crippen molar-refractivity contribution >= 4 is 5.91 Å². The van der Waals surface area contributed by atoms with E-state index in [2.05, 4.69) is 0 Å². The summed E-state index contributed by atoms with van der Waals surface area (Å²) in [6.45, 7) is 5.11. The Balaban J connectivity index is 1.18. The quantitative estimate of drug-likeness (QED) is 0.393. The Hall–Kier alpha value is -3.07. The van der Waals surface area contributed by atoms with E-state index in [-0.39, 0.29) is 5.91 Å². The lowest BCUT2D eigenvalue weighted by Gasteiger charge is -2.26. The lowest BCUT2D eigenvalue weighted by atomic mass is 10.0. The number of benzene rings is 3. The van der Waals surface area contributed by atoms with Crippen LogP contribution in [0.3, 0.4) is 0 Å². The second-order valence-corrected chi connectivity index (χ2v) is 10.5. The summed E-state index contributed by atoms with van der Waals surface area (Å²) in [4.78, 5) is 15.6. The van der Waals surface area contributed by atoms with Gasteiger partial charge in [0.15, 0.2) is 18.2 Å². The third-order valence-corrected chi connectivity index (χ3v) is 7.15. The van der Waals surface area contributed by atoms with E-state index in [0.717, 1.165) is 16.7 Å². The van der Waals surface area contributed by atoms with Crippen molar-refractivity contribution in [3.05, 3.63) is 108 Å². The fraction of sp³-hybridized carbons (Fsp3) is 0.387.